The maximum absolute atomic E-state index is 12.5. The minimum absolute atomic E-state index is 0.0615. The Kier molecular flexibility index (Phi) is 4.04. The Morgan fingerprint density at radius 3 is 2.39 bits per heavy atom. The van der Waals surface area contributed by atoms with Gasteiger partial charge in [0.25, 0.3) is 11.8 Å². The van der Waals surface area contributed by atoms with Gasteiger partial charge >= 0.3 is 6.03 Å². The lowest BCUT2D eigenvalue weighted by Gasteiger charge is -2.37. The maximum Gasteiger partial charge on any atom is 0.322 e. The summed E-state index contributed by atoms with van der Waals surface area (Å²) in [7, 11) is 1.63. The SMILES string of the molecule is COCc1ccc(C(=O)N2CCC3(CC2)NC(=O)NC3=O)cc1. The third-order valence-corrected chi connectivity index (χ3v) is 4.43. The van der Waals surface area contributed by atoms with Crippen LogP contribution in [0.3, 0.4) is 0 Å². The molecule has 0 saturated carbocycles. The first kappa shape index (κ1) is 15.5. The normalized spacial score (nSPS) is 19.6. The topological polar surface area (TPSA) is 87.7 Å². The first-order chi connectivity index (χ1) is 11.0. The average Bonchev–Trinajstić information content (AvgIpc) is 2.82. The summed E-state index contributed by atoms with van der Waals surface area (Å²) in [6.45, 7) is 1.38. The summed E-state index contributed by atoms with van der Waals surface area (Å²) in [5, 5.41) is 4.96. The molecule has 0 aromatic heterocycles. The number of imide groups is 1. The Morgan fingerprint density at radius 1 is 1.22 bits per heavy atom. The molecule has 2 aliphatic heterocycles. The van der Waals surface area contributed by atoms with Gasteiger partial charge in [0.15, 0.2) is 0 Å². The van der Waals surface area contributed by atoms with Crippen LogP contribution in [0.15, 0.2) is 24.3 Å². The fourth-order valence-corrected chi connectivity index (χ4v) is 3.06. The number of hydrogen-bond donors (Lipinski definition) is 2. The first-order valence-electron chi connectivity index (χ1n) is 7.55. The van der Waals surface area contributed by atoms with Gasteiger partial charge in [0.1, 0.15) is 5.54 Å². The fourth-order valence-electron chi connectivity index (χ4n) is 3.06. The lowest BCUT2D eigenvalue weighted by atomic mass is 9.87. The van der Waals surface area contributed by atoms with Crippen molar-refractivity contribution in [1.82, 2.24) is 15.5 Å². The van der Waals surface area contributed by atoms with Crippen molar-refractivity contribution in [2.45, 2.75) is 25.0 Å². The summed E-state index contributed by atoms with van der Waals surface area (Å²) in [4.78, 5) is 37.5. The van der Waals surface area contributed by atoms with Crippen LogP contribution in [0.2, 0.25) is 0 Å². The smallest absolute Gasteiger partial charge is 0.322 e. The van der Waals surface area contributed by atoms with Crippen molar-refractivity contribution in [1.29, 1.82) is 0 Å². The van der Waals surface area contributed by atoms with E-state index in [1.165, 1.54) is 0 Å². The van der Waals surface area contributed by atoms with Gasteiger partial charge in [-0.2, -0.15) is 0 Å². The zero-order chi connectivity index (χ0) is 16.4. The molecule has 2 heterocycles. The molecule has 2 fully saturated rings. The van der Waals surface area contributed by atoms with Crippen molar-refractivity contribution in [3.63, 3.8) is 0 Å². The number of hydrogen-bond acceptors (Lipinski definition) is 4. The number of methoxy groups -OCH3 is 1. The van der Waals surface area contributed by atoms with Crippen LogP contribution in [-0.2, 0) is 16.1 Å². The van der Waals surface area contributed by atoms with Crippen LogP contribution >= 0.6 is 0 Å². The maximum atomic E-state index is 12.5. The third kappa shape index (κ3) is 2.92. The molecule has 7 heteroatoms. The number of benzene rings is 1. The number of piperidine rings is 1. The molecule has 3 rings (SSSR count). The fraction of sp³-hybridized carbons (Fsp3) is 0.438. The van der Waals surface area contributed by atoms with Gasteiger partial charge in [-0.3, -0.25) is 14.9 Å². The van der Waals surface area contributed by atoms with Crippen LogP contribution in [0.4, 0.5) is 4.79 Å². The average molecular weight is 317 g/mol. The van der Waals surface area contributed by atoms with Crippen molar-refractivity contribution in [3.05, 3.63) is 35.4 Å². The monoisotopic (exact) mass is 317 g/mol. The summed E-state index contributed by atoms with van der Waals surface area (Å²) in [5.41, 5.74) is 0.767. The molecule has 2 N–H and O–H groups in total. The number of rotatable bonds is 3. The number of carbonyl (C=O) groups is 3. The number of likely N-dealkylation sites (tertiary alicyclic amines) is 1. The summed E-state index contributed by atoms with van der Waals surface area (Å²) in [5.74, 6) is -0.355. The highest BCUT2D eigenvalue weighted by molar-refractivity contribution is 6.07. The zero-order valence-corrected chi connectivity index (χ0v) is 12.9. The molecule has 0 aliphatic carbocycles. The molecule has 1 aromatic rings. The highest BCUT2D eigenvalue weighted by atomic mass is 16.5. The first-order valence-corrected chi connectivity index (χ1v) is 7.55. The predicted octanol–water partition coefficient (Wildman–Crippen LogP) is 0.647. The molecule has 7 nitrogen and oxygen atoms in total. The Bertz CT molecular complexity index is 633. The standard InChI is InChI=1S/C16H19N3O4/c1-23-10-11-2-4-12(5-3-11)13(20)19-8-6-16(7-9-19)14(21)17-15(22)18-16/h2-5H,6-10H2,1H3,(H2,17,18,21,22). The van der Waals surface area contributed by atoms with Gasteiger partial charge in [-0.05, 0) is 30.5 Å². The highest BCUT2D eigenvalue weighted by Gasteiger charge is 2.48. The van der Waals surface area contributed by atoms with Gasteiger partial charge in [0.2, 0.25) is 0 Å². The number of amides is 4. The largest absolute Gasteiger partial charge is 0.380 e. The van der Waals surface area contributed by atoms with E-state index in [9.17, 15) is 14.4 Å². The Hall–Kier alpha value is -2.41. The highest BCUT2D eigenvalue weighted by Crippen LogP contribution is 2.26. The van der Waals surface area contributed by atoms with Crippen LogP contribution in [0, 0.1) is 0 Å². The number of urea groups is 1. The van der Waals surface area contributed by atoms with Crippen LogP contribution in [0.5, 0.6) is 0 Å². The third-order valence-electron chi connectivity index (χ3n) is 4.43. The second-order valence-corrected chi connectivity index (χ2v) is 5.91. The van der Waals surface area contributed by atoms with E-state index in [4.69, 9.17) is 4.74 Å². The van der Waals surface area contributed by atoms with Crippen molar-refractivity contribution in [3.8, 4) is 0 Å². The summed E-state index contributed by atoms with van der Waals surface area (Å²) in [6, 6.07) is 6.85. The van der Waals surface area contributed by atoms with E-state index in [-0.39, 0.29) is 11.8 Å². The predicted molar refractivity (Wildman–Crippen MR) is 81.7 cm³/mol. The molecular weight excluding hydrogens is 298 g/mol. The van der Waals surface area contributed by atoms with E-state index in [1.807, 2.05) is 12.1 Å². The van der Waals surface area contributed by atoms with Crippen molar-refractivity contribution in [2.75, 3.05) is 20.2 Å². The van der Waals surface area contributed by atoms with Crippen molar-refractivity contribution >= 4 is 17.8 Å². The molecule has 2 aliphatic rings. The second-order valence-electron chi connectivity index (χ2n) is 5.91. The minimum atomic E-state index is -0.851. The van der Waals surface area contributed by atoms with Gasteiger partial charge in [0.05, 0.1) is 6.61 Å². The summed E-state index contributed by atoms with van der Waals surface area (Å²) >= 11 is 0. The number of carbonyl (C=O) groups excluding carboxylic acids is 3. The molecule has 122 valence electrons. The number of ether oxygens (including phenoxy) is 1. The van der Waals surface area contributed by atoms with Crippen LogP contribution in [0.25, 0.3) is 0 Å². The number of nitrogens with one attached hydrogen (secondary N) is 2. The van der Waals surface area contributed by atoms with E-state index in [1.54, 1.807) is 24.1 Å². The quantitative estimate of drug-likeness (QED) is 0.801. The van der Waals surface area contributed by atoms with Crippen molar-refractivity contribution < 1.29 is 19.1 Å². The lowest BCUT2D eigenvalue weighted by Crippen LogP contribution is -2.55. The molecule has 4 amide bonds. The zero-order valence-electron chi connectivity index (χ0n) is 12.9. The summed E-state index contributed by atoms with van der Waals surface area (Å²) < 4.78 is 5.05. The van der Waals surface area contributed by atoms with Crippen LogP contribution in [0.1, 0.15) is 28.8 Å². The number of nitrogens with zero attached hydrogens (tertiary/aromatic N) is 1. The van der Waals surface area contributed by atoms with E-state index >= 15 is 0 Å². The van der Waals surface area contributed by atoms with Crippen LogP contribution in [-0.4, -0.2) is 48.5 Å². The molecule has 2 saturated heterocycles. The van der Waals surface area contributed by atoms with E-state index in [0.29, 0.717) is 38.1 Å². The minimum Gasteiger partial charge on any atom is -0.380 e. The molecule has 0 bridgehead atoms. The Morgan fingerprint density at radius 2 is 1.87 bits per heavy atom. The Labute approximate surface area is 134 Å². The summed E-state index contributed by atoms with van der Waals surface area (Å²) in [6.07, 6.45) is 0.857. The molecule has 0 unspecified atom stereocenters. The van der Waals surface area contributed by atoms with E-state index in [0.717, 1.165) is 5.56 Å². The van der Waals surface area contributed by atoms with Gasteiger partial charge in [-0.15, -0.1) is 0 Å². The molecule has 0 radical (unpaired) electrons. The molecular formula is C16H19N3O4. The van der Waals surface area contributed by atoms with E-state index in [2.05, 4.69) is 10.6 Å². The van der Waals surface area contributed by atoms with Crippen LogP contribution < -0.4 is 10.6 Å². The van der Waals surface area contributed by atoms with Gasteiger partial charge < -0.3 is 15.0 Å². The van der Waals surface area contributed by atoms with Gasteiger partial charge in [-0.25, -0.2) is 4.79 Å². The van der Waals surface area contributed by atoms with Gasteiger partial charge in [-0.1, -0.05) is 12.1 Å². The van der Waals surface area contributed by atoms with E-state index < -0.39 is 11.6 Å². The lowest BCUT2D eigenvalue weighted by molar-refractivity contribution is -0.125. The Balaban J connectivity index is 1.64. The van der Waals surface area contributed by atoms with Gasteiger partial charge in [0, 0.05) is 25.8 Å². The molecule has 1 aromatic carbocycles. The van der Waals surface area contributed by atoms with Crippen molar-refractivity contribution in [2.24, 2.45) is 0 Å². The second kappa shape index (κ2) is 6.00. The molecule has 0 atom stereocenters. The molecule has 23 heavy (non-hydrogen) atoms. The molecule has 1 spiro atoms.